The molecule has 0 saturated heterocycles. The highest BCUT2D eigenvalue weighted by Crippen LogP contribution is 2.38. The van der Waals surface area contributed by atoms with Crippen LogP contribution in [0.3, 0.4) is 0 Å². The summed E-state index contributed by atoms with van der Waals surface area (Å²) in [5, 5.41) is 9.78. The van der Waals surface area contributed by atoms with Crippen LogP contribution in [-0.4, -0.2) is 35.8 Å². The van der Waals surface area contributed by atoms with Crippen LogP contribution in [0.2, 0.25) is 0 Å². The zero-order chi connectivity index (χ0) is 22.0. The first-order valence-corrected chi connectivity index (χ1v) is 10.6. The van der Waals surface area contributed by atoms with E-state index in [0.717, 1.165) is 29.7 Å². The molecule has 2 atom stereocenters. The molecule has 162 valence electrons. The first kappa shape index (κ1) is 21.0. The summed E-state index contributed by atoms with van der Waals surface area (Å²) >= 11 is 0. The maximum Gasteiger partial charge on any atom is 0.199 e. The van der Waals surface area contributed by atoms with Crippen molar-refractivity contribution in [2.24, 2.45) is 5.92 Å². The van der Waals surface area contributed by atoms with Gasteiger partial charge in [0.25, 0.3) is 0 Å². The highest BCUT2D eigenvalue weighted by molar-refractivity contribution is 5.71. The zero-order valence-electron chi connectivity index (χ0n) is 18.4. The molecule has 4 rings (SSSR count). The van der Waals surface area contributed by atoms with Gasteiger partial charge in [-0.05, 0) is 36.6 Å². The Morgan fingerprint density at radius 2 is 2.06 bits per heavy atom. The van der Waals surface area contributed by atoms with Crippen LogP contribution in [0.1, 0.15) is 38.2 Å². The number of aromatic nitrogens is 2. The lowest BCUT2D eigenvalue weighted by Gasteiger charge is -2.22. The molecular formula is C24H29N4O3+. The zero-order valence-corrected chi connectivity index (χ0v) is 18.4. The Hall–Kier alpha value is -3.24. The summed E-state index contributed by atoms with van der Waals surface area (Å²) in [7, 11) is 3.19. The third-order valence-corrected chi connectivity index (χ3v) is 6.31. The Bertz CT molecular complexity index is 1130. The van der Waals surface area contributed by atoms with Gasteiger partial charge in [0.15, 0.2) is 5.88 Å². The highest BCUT2D eigenvalue weighted by atomic mass is 16.5. The van der Waals surface area contributed by atoms with Crippen molar-refractivity contribution in [2.75, 3.05) is 20.8 Å². The van der Waals surface area contributed by atoms with E-state index in [1.807, 2.05) is 34.7 Å². The van der Waals surface area contributed by atoms with Crippen LogP contribution < -0.4 is 19.9 Å². The van der Waals surface area contributed by atoms with Crippen LogP contribution >= 0.6 is 0 Å². The summed E-state index contributed by atoms with van der Waals surface area (Å²) in [4.78, 5) is 4.50. The fourth-order valence-corrected chi connectivity index (χ4v) is 4.53. The number of hydrogen-bond acceptors (Lipinski definition) is 5. The van der Waals surface area contributed by atoms with E-state index in [0.29, 0.717) is 35.5 Å². The maximum absolute atomic E-state index is 9.78. The summed E-state index contributed by atoms with van der Waals surface area (Å²) in [5.41, 5.74) is 7.15. The van der Waals surface area contributed by atoms with E-state index in [1.54, 1.807) is 20.4 Å². The molecule has 0 bridgehead atoms. The van der Waals surface area contributed by atoms with E-state index in [9.17, 15) is 5.26 Å². The normalized spacial score (nSPS) is 20.5. The third-order valence-electron chi connectivity index (χ3n) is 6.31. The molecule has 0 unspecified atom stereocenters. The summed E-state index contributed by atoms with van der Waals surface area (Å²) in [5.74, 6) is 2.34. The van der Waals surface area contributed by atoms with Gasteiger partial charge in [-0.1, -0.05) is 19.4 Å². The number of benzene rings is 1. The summed E-state index contributed by atoms with van der Waals surface area (Å²) < 4.78 is 19.2. The molecule has 2 aromatic heterocycles. The second-order valence-corrected chi connectivity index (χ2v) is 8.37. The van der Waals surface area contributed by atoms with E-state index in [2.05, 4.69) is 23.7 Å². The first-order valence-electron chi connectivity index (χ1n) is 10.6. The van der Waals surface area contributed by atoms with Gasteiger partial charge in [-0.25, -0.2) is 4.98 Å². The number of rotatable bonds is 7. The number of methoxy groups -OCH3 is 2. The SMILES string of the molecule is CC[C@@H]1CC[C@]([NH3+])(COc2cc(-c3cnc4cccc(OC)n34)cc(OC)c2C#N)C1. The van der Waals surface area contributed by atoms with Crippen molar-refractivity contribution in [3.8, 4) is 34.7 Å². The number of pyridine rings is 1. The lowest BCUT2D eigenvalue weighted by atomic mass is 9.97. The standard InChI is InChI=1S/C24H28N4O3/c1-4-16-8-9-24(26,12-16)15-31-21-11-17(10-20(29-2)18(21)13-25)19-14-27-22-6-5-7-23(30-3)28(19)22/h5-7,10-11,14,16H,4,8-9,12,15,26H2,1-3H3/p+1/t16-,24-/m1/s1. The van der Waals surface area contributed by atoms with Crippen molar-refractivity contribution >= 4 is 5.65 Å². The van der Waals surface area contributed by atoms with E-state index in [-0.39, 0.29) is 5.54 Å². The van der Waals surface area contributed by atoms with Gasteiger partial charge in [0.05, 0.1) is 26.1 Å². The Labute approximate surface area is 182 Å². The minimum atomic E-state index is -0.122. The largest absolute Gasteiger partial charge is 0.495 e. The molecule has 2 heterocycles. The van der Waals surface area contributed by atoms with E-state index in [1.165, 1.54) is 12.8 Å². The van der Waals surface area contributed by atoms with Gasteiger partial charge in [-0.2, -0.15) is 5.26 Å². The van der Waals surface area contributed by atoms with Gasteiger partial charge in [-0.15, -0.1) is 0 Å². The fourth-order valence-electron chi connectivity index (χ4n) is 4.53. The molecule has 1 aliphatic carbocycles. The van der Waals surface area contributed by atoms with E-state index in [4.69, 9.17) is 14.2 Å². The Kier molecular flexibility index (Phi) is 5.75. The molecular weight excluding hydrogens is 392 g/mol. The number of quaternary nitrogens is 1. The predicted molar refractivity (Wildman–Crippen MR) is 117 cm³/mol. The molecule has 3 N–H and O–H groups in total. The van der Waals surface area contributed by atoms with Crippen LogP contribution in [0.15, 0.2) is 36.5 Å². The van der Waals surface area contributed by atoms with Crippen molar-refractivity contribution in [2.45, 2.75) is 38.1 Å². The monoisotopic (exact) mass is 421 g/mol. The van der Waals surface area contributed by atoms with Gasteiger partial charge in [0.1, 0.15) is 40.9 Å². The fraction of sp³-hybridized carbons (Fsp3) is 0.417. The minimum Gasteiger partial charge on any atom is -0.495 e. The second-order valence-electron chi connectivity index (χ2n) is 8.37. The lowest BCUT2D eigenvalue weighted by Crippen LogP contribution is -2.74. The van der Waals surface area contributed by atoms with Gasteiger partial charge in [0.2, 0.25) is 0 Å². The van der Waals surface area contributed by atoms with Gasteiger partial charge in [0, 0.05) is 18.4 Å². The lowest BCUT2D eigenvalue weighted by molar-refractivity contribution is -0.480. The quantitative estimate of drug-likeness (QED) is 0.630. The summed E-state index contributed by atoms with van der Waals surface area (Å²) in [6.45, 7) is 2.70. The van der Waals surface area contributed by atoms with Crippen LogP contribution in [-0.2, 0) is 0 Å². The van der Waals surface area contributed by atoms with Gasteiger partial charge in [-0.3, -0.25) is 4.40 Å². The molecule has 1 fully saturated rings. The topological polar surface area (TPSA) is 96.4 Å². The first-order chi connectivity index (χ1) is 15.0. The molecule has 3 aromatic rings. The minimum absolute atomic E-state index is 0.122. The summed E-state index contributed by atoms with van der Waals surface area (Å²) in [6, 6.07) is 11.7. The van der Waals surface area contributed by atoms with Crippen molar-refractivity contribution in [3.63, 3.8) is 0 Å². The van der Waals surface area contributed by atoms with Crippen LogP contribution in [0.5, 0.6) is 17.4 Å². The molecule has 0 amide bonds. The van der Waals surface area contributed by atoms with Crippen molar-refractivity contribution in [3.05, 3.63) is 42.1 Å². The van der Waals surface area contributed by atoms with Gasteiger partial charge >= 0.3 is 0 Å². The molecule has 7 heteroatoms. The number of nitrogens with zero attached hydrogens (tertiary/aromatic N) is 3. The van der Waals surface area contributed by atoms with Crippen LogP contribution in [0, 0.1) is 17.2 Å². The maximum atomic E-state index is 9.78. The number of imidazole rings is 1. The Morgan fingerprint density at radius 1 is 1.26 bits per heavy atom. The number of fused-ring (bicyclic) bond motifs is 1. The van der Waals surface area contributed by atoms with Crippen molar-refractivity contribution < 1.29 is 19.9 Å². The Morgan fingerprint density at radius 3 is 2.74 bits per heavy atom. The van der Waals surface area contributed by atoms with Crippen LogP contribution in [0.25, 0.3) is 16.9 Å². The molecule has 1 aliphatic rings. The molecule has 1 aromatic carbocycles. The average molecular weight is 422 g/mol. The number of nitriles is 1. The Balaban J connectivity index is 1.74. The number of ether oxygens (including phenoxy) is 3. The van der Waals surface area contributed by atoms with Crippen molar-refractivity contribution in [1.82, 2.24) is 9.38 Å². The molecule has 7 nitrogen and oxygen atoms in total. The van der Waals surface area contributed by atoms with E-state index < -0.39 is 0 Å². The summed E-state index contributed by atoms with van der Waals surface area (Å²) in [6.07, 6.45) is 6.22. The van der Waals surface area contributed by atoms with Gasteiger partial charge < -0.3 is 19.9 Å². The third kappa shape index (κ3) is 3.91. The molecule has 31 heavy (non-hydrogen) atoms. The predicted octanol–water partition coefficient (Wildman–Crippen LogP) is 3.46. The van der Waals surface area contributed by atoms with Crippen LogP contribution in [0.4, 0.5) is 0 Å². The smallest absolute Gasteiger partial charge is 0.199 e. The molecule has 0 spiro atoms. The highest BCUT2D eigenvalue weighted by Gasteiger charge is 2.39. The second kappa shape index (κ2) is 8.48. The average Bonchev–Trinajstić information content (AvgIpc) is 3.40. The molecule has 0 radical (unpaired) electrons. The number of hydrogen-bond donors (Lipinski definition) is 1. The van der Waals surface area contributed by atoms with Crippen molar-refractivity contribution in [1.29, 1.82) is 5.26 Å². The van der Waals surface area contributed by atoms with E-state index >= 15 is 0 Å². The molecule has 1 saturated carbocycles. The molecule has 0 aliphatic heterocycles.